The molecule has 0 saturated carbocycles. The molecule has 0 spiro atoms. The van der Waals surface area contributed by atoms with Crippen LogP contribution in [0.5, 0.6) is 5.75 Å². The van der Waals surface area contributed by atoms with Crippen LogP contribution in [0.15, 0.2) is 53.4 Å². The summed E-state index contributed by atoms with van der Waals surface area (Å²) in [6.45, 7) is 0.313. The normalized spacial score (nSPS) is 16.1. The van der Waals surface area contributed by atoms with E-state index in [1.807, 2.05) is 12.1 Å². The predicted molar refractivity (Wildman–Crippen MR) is 108 cm³/mol. The molecule has 0 bridgehead atoms. The van der Waals surface area contributed by atoms with E-state index in [0.29, 0.717) is 18.0 Å². The SMILES string of the molecule is COc1ccc(N2CC(C(=O)Nc3ccccc3SCC(N)=O)CC2=O)cc1. The van der Waals surface area contributed by atoms with Crippen LogP contribution in [0, 0.1) is 5.92 Å². The third kappa shape index (κ3) is 4.64. The summed E-state index contributed by atoms with van der Waals surface area (Å²) < 4.78 is 5.13. The quantitative estimate of drug-likeness (QED) is 0.696. The summed E-state index contributed by atoms with van der Waals surface area (Å²) in [7, 11) is 1.58. The molecule has 1 heterocycles. The van der Waals surface area contributed by atoms with Crippen LogP contribution in [0.2, 0.25) is 0 Å². The molecule has 8 heteroatoms. The van der Waals surface area contributed by atoms with Crippen LogP contribution in [-0.4, -0.2) is 37.1 Å². The lowest BCUT2D eigenvalue weighted by Crippen LogP contribution is -2.28. The molecule has 28 heavy (non-hydrogen) atoms. The minimum absolute atomic E-state index is 0.0956. The Morgan fingerprint density at radius 2 is 1.93 bits per heavy atom. The van der Waals surface area contributed by atoms with Crippen LogP contribution in [0.25, 0.3) is 0 Å². The highest BCUT2D eigenvalue weighted by molar-refractivity contribution is 8.00. The van der Waals surface area contributed by atoms with Crippen LogP contribution in [0.4, 0.5) is 11.4 Å². The number of rotatable bonds is 7. The van der Waals surface area contributed by atoms with Crippen LogP contribution in [-0.2, 0) is 14.4 Å². The van der Waals surface area contributed by atoms with Gasteiger partial charge in [0.15, 0.2) is 0 Å². The molecule has 7 nitrogen and oxygen atoms in total. The molecule has 3 rings (SSSR count). The average Bonchev–Trinajstić information content (AvgIpc) is 3.09. The number of amides is 3. The summed E-state index contributed by atoms with van der Waals surface area (Å²) in [5.74, 6) is -0.376. The average molecular weight is 399 g/mol. The highest BCUT2D eigenvalue weighted by atomic mass is 32.2. The largest absolute Gasteiger partial charge is 0.497 e. The van der Waals surface area contributed by atoms with Gasteiger partial charge in [-0.2, -0.15) is 0 Å². The van der Waals surface area contributed by atoms with Gasteiger partial charge < -0.3 is 20.7 Å². The molecule has 0 aromatic heterocycles. The van der Waals surface area contributed by atoms with Gasteiger partial charge in [0.2, 0.25) is 17.7 Å². The van der Waals surface area contributed by atoms with Gasteiger partial charge in [-0.25, -0.2) is 0 Å². The number of nitrogens with zero attached hydrogens (tertiary/aromatic N) is 1. The first-order chi connectivity index (χ1) is 13.5. The first kappa shape index (κ1) is 19.8. The molecular weight excluding hydrogens is 378 g/mol. The maximum Gasteiger partial charge on any atom is 0.229 e. The van der Waals surface area contributed by atoms with Crippen molar-refractivity contribution in [1.82, 2.24) is 0 Å². The van der Waals surface area contributed by atoms with E-state index in [9.17, 15) is 14.4 Å². The number of methoxy groups -OCH3 is 1. The Balaban J connectivity index is 1.67. The molecule has 1 fully saturated rings. The van der Waals surface area contributed by atoms with E-state index in [4.69, 9.17) is 10.5 Å². The lowest BCUT2D eigenvalue weighted by atomic mass is 10.1. The number of para-hydroxylation sites is 1. The Hall–Kier alpha value is -3.00. The smallest absolute Gasteiger partial charge is 0.229 e. The maximum absolute atomic E-state index is 12.7. The fourth-order valence-electron chi connectivity index (χ4n) is 2.97. The number of ether oxygens (including phenoxy) is 1. The Morgan fingerprint density at radius 1 is 1.21 bits per heavy atom. The molecule has 1 saturated heterocycles. The van der Waals surface area contributed by atoms with Crippen molar-refractivity contribution in [2.24, 2.45) is 11.7 Å². The topological polar surface area (TPSA) is 102 Å². The second-order valence-electron chi connectivity index (χ2n) is 6.34. The maximum atomic E-state index is 12.7. The lowest BCUT2D eigenvalue weighted by molar-refractivity contribution is -0.122. The van der Waals surface area contributed by atoms with Crippen molar-refractivity contribution < 1.29 is 19.1 Å². The Kier molecular flexibility index (Phi) is 6.20. The minimum atomic E-state index is -0.455. The van der Waals surface area contributed by atoms with Crippen molar-refractivity contribution >= 4 is 40.9 Å². The van der Waals surface area contributed by atoms with Gasteiger partial charge in [0, 0.05) is 23.5 Å². The zero-order valence-electron chi connectivity index (χ0n) is 15.4. The molecule has 3 N–H and O–H groups in total. The monoisotopic (exact) mass is 399 g/mol. The highest BCUT2D eigenvalue weighted by Gasteiger charge is 2.35. The van der Waals surface area contributed by atoms with Crippen molar-refractivity contribution in [3.05, 3.63) is 48.5 Å². The molecule has 1 aliphatic heterocycles. The van der Waals surface area contributed by atoms with E-state index in [1.54, 1.807) is 48.4 Å². The summed E-state index contributed by atoms with van der Waals surface area (Å²) in [5, 5.41) is 2.88. The number of hydrogen-bond donors (Lipinski definition) is 2. The van der Waals surface area contributed by atoms with Gasteiger partial charge in [-0.05, 0) is 36.4 Å². The van der Waals surface area contributed by atoms with Crippen molar-refractivity contribution in [3.63, 3.8) is 0 Å². The number of nitrogens with one attached hydrogen (secondary N) is 1. The lowest BCUT2D eigenvalue weighted by Gasteiger charge is -2.17. The minimum Gasteiger partial charge on any atom is -0.497 e. The molecular formula is C20H21N3O4S. The number of primary amides is 1. The van der Waals surface area contributed by atoms with Gasteiger partial charge in [-0.3, -0.25) is 14.4 Å². The number of benzene rings is 2. The van der Waals surface area contributed by atoms with Gasteiger partial charge in [0.25, 0.3) is 0 Å². The molecule has 1 unspecified atom stereocenters. The van der Waals surface area contributed by atoms with Crippen molar-refractivity contribution in [3.8, 4) is 5.75 Å². The predicted octanol–water partition coefficient (Wildman–Crippen LogP) is 2.26. The third-order valence-electron chi connectivity index (χ3n) is 4.39. The van der Waals surface area contributed by atoms with Crippen molar-refractivity contribution in [2.75, 3.05) is 29.6 Å². The zero-order valence-corrected chi connectivity index (χ0v) is 16.2. The van der Waals surface area contributed by atoms with Crippen LogP contribution in [0.3, 0.4) is 0 Å². The summed E-state index contributed by atoms with van der Waals surface area (Å²) in [5.41, 5.74) is 6.54. The van der Waals surface area contributed by atoms with Gasteiger partial charge in [-0.1, -0.05) is 12.1 Å². The fraction of sp³-hybridized carbons (Fsp3) is 0.250. The molecule has 1 atom stereocenters. The van der Waals surface area contributed by atoms with Gasteiger partial charge in [0.1, 0.15) is 5.75 Å². The standard InChI is InChI=1S/C20H21N3O4S/c1-27-15-8-6-14(7-9-15)23-11-13(10-19(23)25)20(26)22-16-4-2-3-5-17(16)28-12-18(21)24/h2-9,13H,10-12H2,1H3,(H2,21,24)(H,22,26). The van der Waals surface area contributed by atoms with Crippen molar-refractivity contribution in [2.45, 2.75) is 11.3 Å². The molecule has 3 amide bonds. The summed E-state index contributed by atoms with van der Waals surface area (Å²) in [4.78, 5) is 38.5. The number of hydrogen-bond acceptors (Lipinski definition) is 5. The molecule has 2 aromatic rings. The number of carbonyl (C=O) groups is 3. The Morgan fingerprint density at radius 3 is 2.61 bits per heavy atom. The van der Waals surface area contributed by atoms with Crippen LogP contribution < -0.4 is 20.7 Å². The number of nitrogens with two attached hydrogens (primary N) is 1. The highest BCUT2D eigenvalue weighted by Crippen LogP contribution is 2.30. The van der Waals surface area contributed by atoms with Gasteiger partial charge in [0.05, 0.1) is 24.5 Å². The van der Waals surface area contributed by atoms with E-state index in [1.165, 1.54) is 11.8 Å². The second kappa shape index (κ2) is 8.79. The summed E-state index contributed by atoms with van der Waals surface area (Å²) in [6, 6.07) is 14.4. The van der Waals surface area contributed by atoms with E-state index in [0.717, 1.165) is 10.6 Å². The number of anilines is 2. The first-order valence-electron chi connectivity index (χ1n) is 8.73. The molecule has 146 valence electrons. The number of thioether (sulfide) groups is 1. The molecule has 2 aromatic carbocycles. The second-order valence-corrected chi connectivity index (χ2v) is 7.36. The molecule has 0 aliphatic carbocycles. The number of carbonyl (C=O) groups excluding carboxylic acids is 3. The van der Waals surface area contributed by atoms with E-state index in [-0.39, 0.29) is 24.0 Å². The Bertz CT molecular complexity index is 885. The van der Waals surface area contributed by atoms with Gasteiger partial charge in [-0.15, -0.1) is 11.8 Å². The fourth-order valence-corrected chi connectivity index (χ4v) is 3.72. The van der Waals surface area contributed by atoms with Crippen molar-refractivity contribution in [1.29, 1.82) is 0 Å². The van der Waals surface area contributed by atoms with Gasteiger partial charge >= 0.3 is 0 Å². The van der Waals surface area contributed by atoms with Crippen LogP contribution in [0.1, 0.15) is 6.42 Å². The van der Waals surface area contributed by atoms with E-state index in [2.05, 4.69) is 5.32 Å². The van der Waals surface area contributed by atoms with Crippen LogP contribution >= 0.6 is 11.8 Å². The molecule has 1 aliphatic rings. The molecule has 0 radical (unpaired) electrons. The summed E-state index contributed by atoms with van der Waals surface area (Å²) in [6.07, 6.45) is 0.147. The third-order valence-corrected chi connectivity index (χ3v) is 5.49. The zero-order chi connectivity index (χ0) is 20.1. The van der Waals surface area contributed by atoms with E-state index < -0.39 is 11.8 Å². The van der Waals surface area contributed by atoms with E-state index >= 15 is 0 Å². The first-order valence-corrected chi connectivity index (χ1v) is 9.72. The Labute approximate surface area is 167 Å². The summed E-state index contributed by atoms with van der Waals surface area (Å²) >= 11 is 1.26.